The van der Waals surface area contributed by atoms with Gasteiger partial charge in [-0.15, -0.1) is 0 Å². The highest BCUT2D eigenvalue weighted by molar-refractivity contribution is 5.78. The van der Waals surface area contributed by atoms with Crippen molar-refractivity contribution in [1.29, 1.82) is 0 Å². The molecule has 2 saturated heterocycles. The summed E-state index contributed by atoms with van der Waals surface area (Å²) in [6.07, 6.45) is 3.72. The third kappa shape index (κ3) is 3.96. The minimum atomic E-state index is -0.0548. The first-order valence-corrected chi connectivity index (χ1v) is 8.86. The van der Waals surface area contributed by atoms with Crippen LogP contribution in [0.2, 0.25) is 0 Å². The third-order valence-electron chi connectivity index (χ3n) is 5.03. The van der Waals surface area contributed by atoms with E-state index in [1.54, 1.807) is 6.92 Å². The SMILES string of the molecule is CC(=O)N1CCN(C(=O)CC[C@H]2CCCO2)[C@@H](c2ccccc2)C1. The first kappa shape index (κ1) is 17.0. The first-order valence-electron chi connectivity index (χ1n) is 8.86. The standard InChI is InChI=1S/C19H26N2O3/c1-15(22)20-11-12-21(18(14-20)16-6-3-2-4-7-16)19(23)10-9-17-8-5-13-24-17/h2-4,6-7,17-18H,5,8-14H2,1H3/t17-,18-/m1/s1. The maximum atomic E-state index is 12.8. The van der Waals surface area contributed by atoms with Gasteiger partial charge in [-0.2, -0.15) is 0 Å². The summed E-state index contributed by atoms with van der Waals surface area (Å²) in [5.41, 5.74) is 1.09. The summed E-state index contributed by atoms with van der Waals surface area (Å²) in [5, 5.41) is 0. The maximum Gasteiger partial charge on any atom is 0.223 e. The van der Waals surface area contributed by atoms with Crippen LogP contribution in [0.1, 0.15) is 44.2 Å². The van der Waals surface area contributed by atoms with Crippen molar-refractivity contribution in [2.45, 2.75) is 44.8 Å². The number of carbonyl (C=O) groups excluding carboxylic acids is 2. The van der Waals surface area contributed by atoms with Gasteiger partial charge >= 0.3 is 0 Å². The molecule has 0 spiro atoms. The predicted octanol–water partition coefficient (Wildman–Crippen LogP) is 2.38. The molecule has 2 amide bonds. The number of carbonyl (C=O) groups is 2. The number of rotatable bonds is 4. The van der Waals surface area contributed by atoms with Crippen molar-refractivity contribution < 1.29 is 14.3 Å². The van der Waals surface area contributed by atoms with E-state index in [-0.39, 0.29) is 24.0 Å². The molecule has 2 aliphatic rings. The molecule has 0 saturated carbocycles. The molecule has 2 aliphatic heterocycles. The van der Waals surface area contributed by atoms with Crippen molar-refractivity contribution in [2.24, 2.45) is 0 Å². The van der Waals surface area contributed by atoms with E-state index in [9.17, 15) is 9.59 Å². The van der Waals surface area contributed by atoms with Crippen molar-refractivity contribution in [2.75, 3.05) is 26.2 Å². The number of ether oxygens (including phenoxy) is 1. The molecule has 24 heavy (non-hydrogen) atoms. The van der Waals surface area contributed by atoms with Crippen LogP contribution < -0.4 is 0 Å². The highest BCUT2D eigenvalue weighted by Crippen LogP contribution is 2.27. The van der Waals surface area contributed by atoms with E-state index in [1.165, 1.54) is 0 Å². The van der Waals surface area contributed by atoms with Crippen molar-refractivity contribution in [3.05, 3.63) is 35.9 Å². The van der Waals surface area contributed by atoms with Crippen LogP contribution in [-0.4, -0.2) is 54.0 Å². The van der Waals surface area contributed by atoms with Crippen LogP contribution in [0.3, 0.4) is 0 Å². The Balaban J connectivity index is 1.69. The monoisotopic (exact) mass is 330 g/mol. The molecule has 2 atom stereocenters. The van der Waals surface area contributed by atoms with E-state index >= 15 is 0 Å². The van der Waals surface area contributed by atoms with Crippen LogP contribution in [0.5, 0.6) is 0 Å². The van der Waals surface area contributed by atoms with E-state index in [0.717, 1.165) is 31.4 Å². The van der Waals surface area contributed by atoms with Crippen LogP contribution >= 0.6 is 0 Å². The van der Waals surface area contributed by atoms with E-state index in [2.05, 4.69) is 0 Å². The van der Waals surface area contributed by atoms with Crippen molar-refractivity contribution >= 4 is 11.8 Å². The molecular formula is C19H26N2O3. The molecule has 3 rings (SSSR count). The van der Waals surface area contributed by atoms with Gasteiger partial charge in [-0.3, -0.25) is 9.59 Å². The fraction of sp³-hybridized carbons (Fsp3) is 0.579. The molecule has 0 bridgehead atoms. The van der Waals surface area contributed by atoms with Gasteiger partial charge in [0.15, 0.2) is 0 Å². The van der Waals surface area contributed by atoms with Gasteiger partial charge < -0.3 is 14.5 Å². The summed E-state index contributed by atoms with van der Waals surface area (Å²) in [5.74, 6) is 0.241. The number of nitrogens with zero attached hydrogens (tertiary/aromatic N) is 2. The van der Waals surface area contributed by atoms with Gasteiger partial charge in [0, 0.05) is 39.6 Å². The Labute approximate surface area is 143 Å². The van der Waals surface area contributed by atoms with Crippen LogP contribution in [0.15, 0.2) is 30.3 Å². The van der Waals surface area contributed by atoms with Crippen LogP contribution in [0.4, 0.5) is 0 Å². The Morgan fingerprint density at radius 3 is 2.67 bits per heavy atom. The summed E-state index contributed by atoms with van der Waals surface area (Å²) in [6, 6.07) is 9.96. The number of benzene rings is 1. The second-order valence-electron chi connectivity index (χ2n) is 6.65. The molecule has 1 aromatic carbocycles. The predicted molar refractivity (Wildman–Crippen MR) is 91.4 cm³/mol. The average Bonchev–Trinajstić information content (AvgIpc) is 3.13. The van der Waals surface area contributed by atoms with E-state index < -0.39 is 0 Å². The molecule has 130 valence electrons. The van der Waals surface area contributed by atoms with Gasteiger partial charge in [-0.1, -0.05) is 30.3 Å². The lowest BCUT2D eigenvalue weighted by Gasteiger charge is -2.41. The maximum absolute atomic E-state index is 12.8. The highest BCUT2D eigenvalue weighted by Gasteiger charge is 2.32. The number of piperazine rings is 1. The van der Waals surface area contributed by atoms with E-state index in [0.29, 0.717) is 26.1 Å². The van der Waals surface area contributed by atoms with Crippen LogP contribution in [-0.2, 0) is 14.3 Å². The first-order chi connectivity index (χ1) is 11.6. The van der Waals surface area contributed by atoms with Crippen LogP contribution in [0, 0.1) is 0 Å². The Bertz CT molecular complexity index is 569. The molecule has 0 unspecified atom stereocenters. The van der Waals surface area contributed by atoms with Gasteiger partial charge in [0.05, 0.1) is 12.1 Å². The zero-order valence-electron chi connectivity index (χ0n) is 14.3. The quantitative estimate of drug-likeness (QED) is 0.852. The molecular weight excluding hydrogens is 304 g/mol. The second kappa shape index (κ2) is 7.79. The number of amides is 2. The van der Waals surface area contributed by atoms with Gasteiger partial charge in [-0.25, -0.2) is 0 Å². The molecule has 0 N–H and O–H groups in total. The molecule has 0 aromatic heterocycles. The summed E-state index contributed by atoms with van der Waals surface area (Å²) < 4.78 is 5.63. The smallest absolute Gasteiger partial charge is 0.223 e. The summed E-state index contributed by atoms with van der Waals surface area (Å²) in [6.45, 7) is 4.21. The molecule has 1 aromatic rings. The zero-order chi connectivity index (χ0) is 16.9. The highest BCUT2D eigenvalue weighted by atomic mass is 16.5. The van der Waals surface area contributed by atoms with Gasteiger partial charge in [-0.05, 0) is 24.8 Å². The third-order valence-corrected chi connectivity index (χ3v) is 5.03. The summed E-state index contributed by atoms with van der Waals surface area (Å²) in [4.78, 5) is 28.3. The minimum absolute atomic E-state index is 0.0548. The zero-order valence-corrected chi connectivity index (χ0v) is 14.3. The fourth-order valence-electron chi connectivity index (χ4n) is 3.63. The summed E-state index contributed by atoms with van der Waals surface area (Å²) in [7, 11) is 0. The fourth-order valence-corrected chi connectivity index (χ4v) is 3.63. The molecule has 2 fully saturated rings. The normalized spacial score (nSPS) is 24.2. The Kier molecular flexibility index (Phi) is 5.51. The number of hydrogen-bond donors (Lipinski definition) is 0. The Morgan fingerprint density at radius 1 is 1.21 bits per heavy atom. The Morgan fingerprint density at radius 2 is 2.00 bits per heavy atom. The van der Waals surface area contributed by atoms with E-state index in [4.69, 9.17) is 4.74 Å². The second-order valence-corrected chi connectivity index (χ2v) is 6.65. The molecule has 0 aliphatic carbocycles. The lowest BCUT2D eigenvalue weighted by atomic mass is 10.0. The van der Waals surface area contributed by atoms with Crippen molar-refractivity contribution in [3.63, 3.8) is 0 Å². The lowest BCUT2D eigenvalue weighted by Crippen LogP contribution is -2.51. The van der Waals surface area contributed by atoms with E-state index in [1.807, 2.05) is 40.1 Å². The molecule has 2 heterocycles. The molecule has 5 nitrogen and oxygen atoms in total. The van der Waals surface area contributed by atoms with Gasteiger partial charge in [0.1, 0.15) is 0 Å². The molecule has 5 heteroatoms. The van der Waals surface area contributed by atoms with Gasteiger partial charge in [0.2, 0.25) is 11.8 Å². The minimum Gasteiger partial charge on any atom is -0.378 e. The Hall–Kier alpha value is -1.88. The largest absolute Gasteiger partial charge is 0.378 e. The van der Waals surface area contributed by atoms with Crippen molar-refractivity contribution in [3.8, 4) is 0 Å². The lowest BCUT2D eigenvalue weighted by molar-refractivity contribution is -0.142. The van der Waals surface area contributed by atoms with Crippen LogP contribution in [0.25, 0.3) is 0 Å². The summed E-state index contributed by atoms with van der Waals surface area (Å²) >= 11 is 0. The number of hydrogen-bond acceptors (Lipinski definition) is 3. The molecule has 0 radical (unpaired) electrons. The van der Waals surface area contributed by atoms with Gasteiger partial charge in [0.25, 0.3) is 0 Å². The average molecular weight is 330 g/mol. The van der Waals surface area contributed by atoms with Crippen molar-refractivity contribution in [1.82, 2.24) is 9.80 Å². The topological polar surface area (TPSA) is 49.9 Å².